The van der Waals surface area contributed by atoms with Crippen molar-refractivity contribution in [2.45, 2.75) is 0 Å². The Hall–Kier alpha value is -2.08. The molecule has 1 aliphatic heterocycles. The molecular formula is C18H14Cl2N2O2S. The first kappa shape index (κ1) is 17.7. The number of halogens is 2. The molecule has 1 aliphatic rings. The maximum absolute atomic E-state index is 12.9. The van der Waals surface area contributed by atoms with E-state index in [1.165, 1.54) is 12.0 Å². The van der Waals surface area contributed by atoms with Gasteiger partial charge in [-0.1, -0.05) is 41.4 Å². The summed E-state index contributed by atoms with van der Waals surface area (Å²) < 4.78 is 5.34. The van der Waals surface area contributed by atoms with Crippen LogP contribution in [0.4, 0.5) is 5.69 Å². The lowest BCUT2D eigenvalue weighted by molar-refractivity contribution is -0.114. The van der Waals surface area contributed by atoms with E-state index in [9.17, 15) is 4.79 Å². The normalized spacial score (nSPS) is 16.1. The first-order valence-electron chi connectivity index (χ1n) is 7.36. The molecule has 4 nitrogen and oxygen atoms in total. The Balaban J connectivity index is 2.08. The van der Waals surface area contributed by atoms with Crippen molar-refractivity contribution in [3.05, 3.63) is 63.8 Å². The van der Waals surface area contributed by atoms with Crippen LogP contribution >= 0.6 is 35.4 Å². The van der Waals surface area contributed by atoms with E-state index in [1.54, 1.807) is 30.2 Å². The minimum Gasteiger partial charge on any atom is -0.495 e. The van der Waals surface area contributed by atoms with Gasteiger partial charge in [0, 0.05) is 17.6 Å². The molecule has 0 radical (unpaired) electrons. The Morgan fingerprint density at radius 3 is 2.48 bits per heavy atom. The van der Waals surface area contributed by atoms with Crippen molar-refractivity contribution < 1.29 is 9.53 Å². The predicted molar refractivity (Wildman–Crippen MR) is 105 cm³/mol. The molecule has 0 unspecified atom stereocenters. The largest absolute Gasteiger partial charge is 0.495 e. The molecule has 0 bridgehead atoms. The van der Waals surface area contributed by atoms with Crippen molar-refractivity contribution in [3.8, 4) is 5.75 Å². The second-order valence-electron chi connectivity index (χ2n) is 5.36. The smallest absolute Gasteiger partial charge is 0.281 e. The minimum atomic E-state index is -0.225. The average molecular weight is 393 g/mol. The number of hydrogen-bond acceptors (Lipinski definition) is 3. The third kappa shape index (κ3) is 3.23. The van der Waals surface area contributed by atoms with Gasteiger partial charge >= 0.3 is 0 Å². The van der Waals surface area contributed by atoms with Crippen LogP contribution < -0.4 is 9.64 Å². The van der Waals surface area contributed by atoms with E-state index in [0.717, 1.165) is 0 Å². The van der Waals surface area contributed by atoms with E-state index in [1.807, 2.05) is 30.3 Å². The zero-order chi connectivity index (χ0) is 18.1. The SMILES string of the molecule is COc1c(Cl)cc(Cl)cc1/C=C1\C(=O)N(c2ccccc2)C(=S)N1C. The van der Waals surface area contributed by atoms with Crippen molar-refractivity contribution in [1.29, 1.82) is 0 Å². The molecular weight excluding hydrogens is 379 g/mol. The van der Waals surface area contributed by atoms with Crippen LogP contribution in [0, 0.1) is 0 Å². The summed E-state index contributed by atoms with van der Waals surface area (Å²) in [6.07, 6.45) is 1.67. The molecule has 0 N–H and O–H groups in total. The van der Waals surface area contributed by atoms with Gasteiger partial charge in [-0.25, -0.2) is 0 Å². The maximum Gasteiger partial charge on any atom is 0.281 e. The second-order valence-corrected chi connectivity index (χ2v) is 6.57. The monoisotopic (exact) mass is 392 g/mol. The zero-order valence-electron chi connectivity index (χ0n) is 13.5. The molecule has 2 aromatic rings. The summed E-state index contributed by atoms with van der Waals surface area (Å²) in [5.74, 6) is 0.223. The molecule has 0 saturated carbocycles. The van der Waals surface area contributed by atoms with E-state index < -0.39 is 0 Å². The topological polar surface area (TPSA) is 32.8 Å². The number of para-hydroxylation sites is 1. The molecule has 3 rings (SSSR count). The summed E-state index contributed by atoms with van der Waals surface area (Å²) >= 11 is 17.7. The zero-order valence-corrected chi connectivity index (χ0v) is 15.8. The molecule has 0 spiro atoms. The standard InChI is InChI=1S/C18H14Cl2N2O2S/c1-21-15(9-11-8-12(19)10-14(20)16(11)24-2)17(23)22(18(21)25)13-6-4-3-5-7-13/h3-10H,1-2H3/b15-9+. The van der Waals surface area contributed by atoms with Crippen LogP contribution in [0.15, 0.2) is 48.2 Å². The first-order valence-corrected chi connectivity index (χ1v) is 8.52. The maximum atomic E-state index is 12.9. The number of rotatable bonds is 3. The van der Waals surface area contributed by atoms with Gasteiger partial charge in [0.15, 0.2) is 5.11 Å². The van der Waals surface area contributed by atoms with Crippen molar-refractivity contribution >= 4 is 58.2 Å². The lowest BCUT2D eigenvalue weighted by Crippen LogP contribution is -2.30. The Morgan fingerprint density at radius 2 is 1.84 bits per heavy atom. The molecule has 1 fully saturated rings. The van der Waals surface area contributed by atoms with Crippen LogP contribution in [-0.2, 0) is 4.79 Å². The second kappa shape index (κ2) is 7.04. The van der Waals surface area contributed by atoms with Gasteiger partial charge in [0.2, 0.25) is 0 Å². The highest BCUT2D eigenvalue weighted by molar-refractivity contribution is 7.80. The van der Waals surface area contributed by atoms with Crippen molar-refractivity contribution in [2.75, 3.05) is 19.1 Å². The fourth-order valence-corrected chi connectivity index (χ4v) is 3.48. The Kier molecular flexibility index (Phi) is 4.99. The van der Waals surface area contributed by atoms with Gasteiger partial charge in [-0.15, -0.1) is 0 Å². The van der Waals surface area contributed by atoms with Crippen LogP contribution in [0.1, 0.15) is 5.56 Å². The number of carbonyl (C=O) groups is 1. The highest BCUT2D eigenvalue weighted by Crippen LogP contribution is 2.35. The quantitative estimate of drug-likeness (QED) is 0.564. The molecule has 128 valence electrons. The Labute approximate surface area is 161 Å². The first-order chi connectivity index (χ1) is 11.9. The van der Waals surface area contributed by atoms with Crippen molar-refractivity contribution in [1.82, 2.24) is 4.90 Å². The summed E-state index contributed by atoms with van der Waals surface area (Å²) in [6.45, 7) is 0. The molecule has 0 aliphatic carbocycles. The fourth-order valence-electron chi connectivity index (χ4n) is 2.61. The van der Waals surface area contributed by atoms with Gasteiger partial charge in [0.1, 0.15) is 11.4 Å². The van der Waals surface area contributed by atoms with Crippen LogP contribution in [0.3, 0.4) is 0 Å². The molecule has 1 saturated heterocycles. The number of nitrogens with zero attached hydrogens (tertiary/aromatic N) is 2. The van der Waals surface area contributed by atoms with Crippen LogP contribution in [-0.4, -0.2) is 30.1 Å². The van der Waals surface area contributed by atoms with E-state index in [0.29, 0.717) is 37.9 Å². The number of ether oxygens (including phenoxy) is 1. The summed E-state index contributed by atoms with van der Waals surface area (Å²) in [7, 11) is 3.26. The molecule has 1 heterocycles. The molecule has 2 aromatic carbocycles. The van der Waals surface area contributed by atoms with Gasteiger partial charge in [0.05, 0.1) is 17.8 Å². The minimum absolute atomic E-state index is 0.225. The molecule has 0 aromatic heterocycles. The van der Waals surface area contributed by atoms with Gasteiger partial charge < -0.3 is 9.64 Å². The van der Waals surface area contributed by atoms with Gasteiger partial charge in [0.25, 0.3) is 5.91 Å². The number of likely N-dealkylation sites (N-methyl/N-ethyl adjacent to an activating group) is 1. The number of benzene rings is 2. The third-order valence-electron chi connectivity index (χ3n) is 3.81. The van der Waals surface area contributed by atoms with Crippen LogP contribution in [0.2, 0.25) is 10.0 Å². The molecule has 7 heteroatoms. The van der Waals surface area contributed by atoms with Gasteiger partial charge in [-0.3, -0.25) is 9.69 Å². The number of methoxy groups -OCH3 is 1. The number of anilines is 1. The highest BCUT2D eigenvalue weighted by Gasteiger charge is 2.36. The predicted octanol–water partition coefficient (Wildman–Crippen LogP) is 4.61. The number of carbonyl (C=O) groups excluding carboxylic acids is 1. The number of amides is 1. The van der Waals surface area contributed by atoms with E-state index >= 15 is 0 Å². The lowest BCUT2D eigenvalue weighted by atomic mass is 10.1. The summed E-state index contributed by atoms with van der Waals surface area (Å²) in [5, 5.41) is 1.22. The highest BCUT2D eigenvalue weighted by atomic mass is 35.5. The fraction of sp³-hybridized carbons (Fsp3) is 0.111. The van der Waals surface area contributed by atoms with Crippen LogP contribution in [0.5, 0.6) is 5.75 Å². The Bertz CT molecular complexity index is 884. The average Bonchev–Trinajstić information content (AvgIpc) is 2.79. The lowest BCUT2D eigenvalue weighted by Gasteiger charge is -2.16. The summed E-state index contributed by atoms with van der Waals surface area (Å²) in [4.78, 5) is 16.1. The van der Waals surface area contributed by atoms with Gasteiger partial charge in [-0.05, 0) is 42.6 Å². The van der Waals surface area contributed by atoms with E-state index in [2.05, 4.69) is 0 Å². The molecule has 25 heavy (non-hydrogen) atoms. The number of hydrogen-bond donors (Lipinski definition) is 0. The Morgan fingerprint density at radius 1 is 1.16 bits per heavy atom. The van der Waals surface area contributed by atoms with Crippen molar-refractivity contribution in [3.63, 3.8) is 0 Å². The van der Waals surface area contributed by atoms with Gasteiger partial charge in [-0.2, -0.15) is 0 Å². The summed E-state index contributed by atoms with van der Waals surface area (Å²) in [6, 6.07) is 12.5. The van der Waals surface area contributed by atoms with Crippen molar-refractivity contribution in [2.24, 2.45) is 0 Å². The number of thiocarbonyl (C=S) groups is 1. The van der Waals surface area contributed by atoms with E-state index in [-0.39, 0.29) is 5.91 Å². The molecule has 0 atom stereocenters. The summed E-state index contributed by atoms with van der Waals surface area (Å²) in [5.41, 5.74) is 1.72. The third-order valence-corrected chi connectivity index (χ3v) is 4.77. The molecule has 1 amide bonds. The van der Waals surface area contributed by atoms with Crippen LogP contribution in [0.25, 0.3) is 6.08 Å². The van der Waals surface area contributed by atoms with E-state index in [4.69, 9.17) is 40.2 Å².